The molecule has 1 fully saturated rings. The van der Waals surface area contributed by atoms with Gasteiger partial charge in [0, 0.05) is 6.92 Å². The van der Waals surface area contributed by atoms with Crippen molar-refractivity contribution >= 4 is 81.0 Å². The van der Waals surface area contributed by atoms with Gasteiger partial charge in [-0.1, -0.05) is 70.9 Å². The second-order valence-electron chi connectivity index (χ2n) is 6.16. The van der Waals surface area contributed by atoms with Gasteiger partial charge in [0.15, 0.2) is 0 Å². The third kappa shape index (κ3) is 5.92. The average molecular weight is 506 g/mol. The van der Waals surface area contributed by atoms with E-state index in [4.69, 9.17) is 56.2 Å². The van der Waals surface area contributed by atoms with Crippen molar-refractivity contribution in [1.29, 1.82) is 0 Å². The van der Waals surface area contributed by atoms with Crippen LogP contribution in [0.25, 0.3) is 6.08 Å². The van der Waals surface area contributed by atoms with E-state index >= 15 is 0 Å². The molecular formula is C19H15Cl3N2O4S2. The van der Waals surface area contributed by atoms with Gasteiger partial charge in [0.2, 0.25) is 15.9 Å². The van der Waals surface area contributed by atoms with Gasteiger partial charge in [-0.25, -0.2) is 0 Å². The van der Waals surface area contributed by atoms with Crippen molar-refractivity contribution in [3.63, 3.8) is 0 Å². The number of nitrogens with one attached hydrogen (secondary N) is 1. The molecule has 1 aromatic carbocycles. The van der Waals surface area contributed by atoms with E-state index in [1.165, 1.54) is 23.6 Å². The first-order valence-corrected chi connectivity index (χ1v) is 10.9. The number of halogens is 3. The number of thiocarbonyl (C=S) groups is 1. The molecule has 0 aliphatic carbocycles. The lowest BCUT2D eigenvalue weighted by molar-refractivity contribution is -0.123. The Bertz CT molecular complexity index is 973. The molecule has 3 rings (SSSR count). The summed E-state index contributed by atoms with van der Waals surface area (Å²) in [6.07, 6.45) is 2.11. The molecule has 0 radical (unpaired) electrons. The summed E-state index contributed by atoms with van der Waals surface area (Å²) in [4.78, 5) is 25.9. The SMILES string of the molecule is CC(=O)NC(Oc1ccc(/C=C2\SC(=S)N(Cc3ccco3)C2=O)cc1)C(Cl)(Cl)Cl. The molecule has 0 spiro atoms. The fourth-order valence-electron chi connectivity index (χ4n) is 2.49. The van der Waals surface area contributed by atoms with Crippen LogP contribution in [0.4, 0.5) is 0 Å². The predicted octanol–water partition coefficient (Wildman–Crippen LogP) is 4.89. The highest BCUT2D eigenvalue weighted by Gasteiger charge is 2.36. The topological polar surface area (TPSA) is 71.8 Å². The highest BCUT2D eigenvalue weighted by molar-refractivity contribution is 8.26. The van der Waals surface area contributed by atoms with Crippen LogP contribution in [0.1, 0.15) is 18.2 Å². The van der Waals surface area contributed by atoms with Gasteiger partial charge in [-0.15, -0.1) is 0 Å². The molecule has 1 aliphatic rings. The van der Waals surface area contributed by atoms with E-state index in [1.807, 2.05) is 0 Å². The van der Waals surface area contributed by atoms with E-state index < -0.39 is 15.9 Å². The van der Waals surface area contributed by atoms with Crippen LogP contribution in [0.2, 0.25) is 0 Å². The summed E-state index contributed by atoms with van der Waals surface area (Å²) in [6, 6.07) is 10.3. The lowest BCUT2D eigenvalue weighted by Gasteiger charge is -2.25. The summed E-state index contributed by atoms with van der Waals surface area (Å²) >= 11 is 24.1. The third-order valence-corrected chi connectivity index (χ3v) is 5.80. The molecule has 30 heavy (non-hydrogen) atoms. The molecular weight excluding hydrogens is 491 g/mol. The second-order valence-corrected chi connectivity index (χ2v) is 10.2. The Balaban J connectivity index is 1.70. The zero-order chi connectivity index (χ0) is 21.9. The summed E-state index contributed by atoms with van der Waals surface area (Å²) in [5.74, 6) is 0.433. The molecule has 11 heteroatoms. The van der Waals surface area contributed by atoms with Crippen molar-refractivity contribution in [2.75, 3.05) is 0 Å². The highest BCUT2D eigenvalue weighted by Crippen LogP contribution is 2.34. The predicted molar refractivity (Wildman–Crippen MR) is 122 cm³/mol. The molecule has 2 amide bonds. The van der Waals surface area contributed by atoms with Crippen molar-refractivity contribution < 1.29 is 18.7 Å². The Morgan fingerprint density at radius 1 is 1.33 bits per heavy atom. The molecule has 1 aliphatic heterocycles. The van der Waals surface area contributed by atoms with Gasteiger partial charge in [0.05, 0.1) is 17.7 Å². The first-order valence-electron chi connectivity index (χ1n) is 8.52. The Hall–Kier alpha value is -1.71. The zero-order valence-electron chi connectivity index (χ0n) is 15.4. The lowest BCUT2D eigenvalue weighted by atomic mass is 10.2. The number of rotatable bonds is 6. The Kier molecular flexibility index (Phi) is 7.36. The van der Waals surface area contributed by atoms with Gasteiger partial charge in [-0.05, 0) is 35.9 Å². The number of thioether (sulfide) groups is 1. The van der Waals surface area contributed by atoms with Crippen molar-refractivity contribution in [2.24, 2.45) is 0 Å². The van der Waals surface area contributed by atoms with E-state index in [-0.39, 0.29) is 12.5 Å². The van der Waals surface area contributed by atoms with Crippen LogP contribution in [0.3, 0.4) is 0 Å². The fourth-order valence-corrected chi connectivity index (χ4v) is 4.04. The molecule has 6 nitrogen and oxygen atoms in total. The minimum Gasteiger partial charge on any atom is -0.467 e. The van der Waals surface area contributed by atoms with Gasteiger partial charge < -0.3 is 14.5 Å². The number of benzene rings is 1. The van der Waals surface area contributed by atoms with Crippen LogP contribution >= 0.6 is 58.8 Å². The molecule has 1 N–H and O–H groups in total. The van der Waals surface area contributed by atoms with Crippen LogP contribution in [0.5, 0.6) is 5.75 Å². The molecule has 1 aromatic heterocycles. The van der Waals surface area contributed by atoms with Gasteiger partial charge in [-0.2, -0.15) is 0 Å². The summed E-state index contributed by atoms with van der Waals surface area (Å²) in [5, 5.41) is 2.43. The summed E-state index contributed by atoms with van der Waals surface area (Å²) in [7, 11) is 0. The first kappa shape index (κ1) is 23.0. The average Bonchev–Trinajstić information content (AvgIpc) is 3.26. The first-order chi connectivity index (χ1) is 14.1. The number of furan rings is 1. The molecule has 1 unspecified atom stereocenters. The van der Waals surface area contributed by atoms with E-state index in [0.29, 0.717) is 20.7 Å². The number of hydrogen-bond acceptors (Lipinski definition) is 6. The Morgan fingerprint density at radius 2 is 2.03 bits per heavy atom. The van der Waals surface area contributed by atoms with Gasteiger partial charge in [-0.3, -0.25) is 14.5 Å². The van der Waals surface area contributed by atoms with E-state index in [2.05, 4.69) is 5.32 Å². The molecule has 1 saturated heterocycles. The number of alkyl halides is 3. The zero-order valence-corrected chi connectivity index (χ0v) is 19.3. The standard InChI is InChI=1S/C19H15Cl3N2O4S2/c1-11(25)23-17(19(20,21)22)28-13-6-4-12(5-7-13)9-15-16(26)24(18(29)30-15)10-14-3-2-8-27-14/h2-9,17H,10H2,1H3,(H,23,25)/b15-9-. The van der Waals surface area contributed by atoms with Crippen molar-refractivity contribution in [1.82, 2.24) is 10.2 Å². The number of carbonyl (C=O) groups excluding carboxylic acids is 2. The van der Waals surface area contributed by atoms with E-state index in [9.17, 15) is 9.59 Å². The summed E-state index contributed by atoms with van der Waals surface area (Å²) in [5.41, 5.74) is 0.755. The maximum absolute atomic E-state index is 12.7. The molecule has 2 aromatic rings. The van der Waals surface area contributed by atoms with E-state index in [0.717, 1.165) is 5.56 Å². The van der Waals surface area contributed by atoms with Crippen molar-refractivity contribution in [2.45, 2.75) is 23.5 Å². The second kappa shape index (κ2) is 9.62. The number of nitrogens with zero attached hydrogens (tertiary/aromatic N) is 1. The van der Waals surface area contributed by atoms with Crippen LogP contribution in [0.15, 0.2) is 52.0 Å². The highest BCUT2D eigenvalue weighted by atomic mass is 35.6. The normalized spacial score (nSPS) is 16.8. The number of hydrogen-bond donors (Lipinski definition) is 1. The molecule has 2 heterocycles. The summed E-state index contributed by atoms with van der Waals surface area (Å²) in [6.45, 7) is 1.57. The monoisotopic (exact) mass is 504 g/mol. The third-order valence-electron chi connectivity index (χ3n) is 3.83. The molecule has 0 saturated carbocycles. The van der Waals surface area contributed by atoms with Crippen LogP contribution in [-0.4, -0.2) is 31.1 Å². The van der Waals surface area contributed by atoms with Gasteiger partial charge in [0.1, 0.15) is 15.8 Å². The Labute approximate surface area is 197 Å². The lowest BCUT2D eigenvalue weighted by Crippen LogP contribution is -2.47. The fraction of sp³-hybridized carbons (Fsp3) is 0.211. The van der Waals surface area contributed by atoms with Gasteiger partial charge in [0.25, 0.3) is 5.91 Å². The summed E-state index contributed by atoms with van der Waals surface area (Å²) < 4.78 is 9.46. The van der Waals surface area contributed by atoms with Crippen LogP contribution < -0.4 is 10.1 Å². The number of ether oxygens (including phenoxy) is 1. The molecule has 158 valence electrons. The minimum atomic E-state index is -1.85. The van der Waals surface area contributed by atoms with E-state index in [1.54, 1.807) is 48.7 Å². The van der Waals surface area contributed by atoms with Crippen molar-refractivity contribution in [3.8, 4) is 5.75 Å². The Morgan fingerprint density at radius 3 is 2.60 bits per heavy atom. The number of carbonyl (C=O) groups is 2. The van der Waals surface area contributed by atoms with Crippen LogP contribution in [-0.2, 0) is 16.1 Å². The van der Waals surface area contributed by atoms with Crippen molar-refractivity contribution in [3.05, 3.63) is 58.9 Å². The van der Waals surface area contributed by atoms with Crippen LogP contribution in [0, 0.1) is 0 Å². The molecule has 0 bridgehead atoms. The maximum atomic E-state index is 12.7. The smallest absolute Gasteiger partial charge is 0.266 e. The maximum Gasteiger partial charge on any atom is 0.266 e. The minimum absolute atomic E-state index is 0.191. The quantitative estimate of drug-likeness (QED) is 0.261. The number of amides is 2. The largest absolute Gasteiger partial charge is 0.467 e. The van der Waals surface area contributed by atoms with Gasteiger partial charge >= 0.3 is 0 Å². The molecule has 1 atom stereocenters.